The Balaban J connectivity index is 0.000000209. The third-order valence-electron chi connectivity index (χ3n) is 20.9. The van der Waals surface area contributed by atoms with Gasteiger partial charge in [0, 0.05) is 24.2 Å². The summed E-state index contributed by atoms with van der Waals surface area (Å²) < 4.78 is 137. The molecule has 6 aliphatic rings. The van der Waals surface area contributed by atoms with Gasteiger partial charge in [0.15, 0.2) is 110 Å². The fraction of sp³-hybridized carbons (Fsp3) is 0.479. The summed E-state index contributed by atoms with van der Waals surface area (Å²) in [6.07, 6.45) is -3.88. The number of benzene rings is 2. The lowest BCUT2D eigenvalue weighted by atomic mass is 10.1. The molecule has 628 valence electrons. The van der Waals surface area contributed by atoms with Gasteiger partial charge in [-0.25, -0.2) is 77.4 Å². The number of carbonyl (C=O) groups is 2. The Morgan fingerprint density at radius 2 is 0.991 bits per heavy atom. The predicted molar refractivity (Wildman–Crippen MR) is 436 cm³/mol. The molecule has 0 radical (unpaired) electrons. The predicted octanol–water partition coefficient (Wildman–Crippen LogP) is 10.0. The largest absolute Gasteiger partial charge is 0.780 e. The van der Waals surface area contributed by atoms with Crippen molar-refractivity contribution in [2.24, 2.45) is 0 Å². The maximum atomic E-state index is 17.1. The number of nitrogens with zero attached hydrogens (tertiary/aromatic N) is 18. The summed E-state index contributed by atoms with van der Waals surface area (Å²) in [5, 5.41) is 20.5. The van der Waals surface area contributed by atoms with Crippen LogP contribution in [-0.2, 0) is 82.9 Å². The number of fused-ring (bicyclic) bond motifs is 12. The number of allylic oxidation sites excluding steroid dienone is 2. The van der Waals surface area contributed by atoms with E-state index in [0.29, 0.717) is 71.3 Å². The fourth-order valence-electron chi connectivity index (χ4n) is 14.1. The van der Waals surface area contributed by atoms with Crippen LogP contribution in [0.25, 0.3) is 44.7 Å². The molecule has 18 atom stereocenters. The minimum Gasteiger partial charge on any atom is -0.780 e. The Labute approximate surface area is 694 Å². The Hall–Kier alpha value is -7.55. The van der Waals surface area contributed by atoms with Crippen LogP contribution in [0.4, 0.5) is 29.2 Å². The normalized spacial score (nSPS) is 29.8. The first-order valence-electron chi connectivity index (χ1n) is 37.4. The zero-order valence-corrected chi connectivity index (χ0v) is 70.9. The standard InChI is InChI=1S/C39H48F2N9O7PSSi.C32H32F2N9O8PS.C2H6.2H2S/c1-7-25-31-27(40)37(54-25)49-21-46-29-24(42-19-43-33(29)49)16-12-9-13-17-48(36(51)23-14-10-8-11-15-23)34-30-35(45-20-44-34)50(22-47-30)38-28(41)32(57-60(5,6)39(2,3)4)26(55-38)18-53-58(52,59)56-31;33-21-25(45)20-12-48-52(47,53)51-26-19(11-44)49-32(22(26)34)42-15-39-23-18(35-13-36-27(23)42)9-5-2-6-10-41(30(46)17-7-3-1-4-8-17)28-24-29(38-14-37-28)43(16-40-24)31(21)50-20;1-2;;/h8-11,13-15,19-22,25-28,31-32,37-38H,7,12,16-18H2,1-6H3,(H,52,59);1-4,6-8,13-16,19-22,25-26,31-32,44-45H,5,9-12H2,(H,47,53);1-2H3;2*1H2/p-2/b13-9+;6-2+;;;/t25-,26-,27-,28-,31-,32-,37-,38?,58?;19-,20-,21-,22-,25-,26-,31?,32-,52?;;;/m11.../s1. The van der Waals surface area contributed by atoms with Crippen molar-refractivity contribution in [1.82, 2.24) is 78.1 Å². The summed E-state index contributed by atoms with van der Waals surface area (Å²) in [4.78, 5) is 97.9. The SMILES string of the molecule is CC.CC[C@H]1O[C@@H]2[C@H](F)[C@@H]1OP([O-])(=S)OC[C@H]1OC([C@H](F)[C@@H]1O[Si](C)(C)C(C)(C)C)n1cnc3c(ncnc31)N(C(=O)c1ccccc1)C/C=C/CCc1ncnc3c1ncn32.O=C(c1ccccc1)N1C/C=C/CCc2ncnc3c2ncn3[C@@H]2O[C@H](CO)[C@@H](OP(=O)([S-])OC[C@H]3OC([C@H](F)[C@@H]3O)n3cnc4c1ncnc43)[C@H]2F.S.S. The van der Waals surface area contributed by atoms with Gasteiger partial charge in [-0.1, -0.05) is 114 Å². The maximum absolute atomic E-state index is 17.1. The number of aryl methyl sites for hydroxylation is 2. The lowest BCUT2D eigenvalue weighted by Crippen LogP contribution is -2.49. The molecule has 33 nitrogen and oxygen atoms in total. The molecule has 2 amide bonds. The minimum absolute atomic E-state index is 0. The van der Waals surface area contributed by atoms with Crippen LogP contribution in [0, 0.1) is 0 Å². The van der Waals surface area contributed by atoms with Gasteiger partial charge in [0.05, 0.1) is 62.6 Å². The van der Waals surface area contributed by atoms with Crippen molar-refractivity contribution in [2.75, 3.05) is 42.7 Å². The second-order valence-electron chi connectivity index (χ2n) is 29.0. The summed E-state index contributed by atoms with van der Waals surface area (Å²) in [6.45, 7) is 5.01. The minimum atomic E-state index is -4.56. The van der Waals surface area contributed by atoms with Gasteiger partial charge in [0.2, 0.25) is 0 Å². The van der Waals surface area contributed by atoms with Crippen molar-refractivity contribution in [2.45, 2.75) is 190 Å². The molecular formula is C73H88F4N18O15P2S4Si-2. The molecule has 4 fully saturated rings. The number of amides is 2. The third kappa shape index (κ3) is 18.1. The zero-order valence-electron chi connectivity index (χ0n) is 64.5. The number of hydrogen-bond acceptors (Lipinski definition) is 29. The summed E-state index contributed by atoms with van der Waals surface area (Å²) in [5.41, 5.74) is 4.09. The highest BCUT2D eigenvalue weighted by molar-refractivity contribution is 8.32. The number of aliphatic hydroxyl groups is 2. The van der Waals surface area contributed by atoms with E-state index < -0.39 is 140 Å². The molecule has 0 saturated carbocycles. The number of hydrogen-bond donors (Lipinski definition) is 2. The highest BCUT2D eigenvalue weighted by Crippen LogP contribution is 2.53. The van der Waals surface area contributed by atoms with Crippen molar-refractivity contribution >= 4 is 141 Å². The van der Waals surface area contributed by atoms with E-state index in [4.69, 9.17) is 65.5 Å². The molecular weight excluding hydrogens is 1660 g/mol. The van der Waals surface area contributed by atoms with Crippen LogP contribution in [0.3, 0.4) is 0 Å². The van der Waals surface area contributed by atoms with Crippen LogP contribution in [0.2, 0.25) is 18.1 Å². The van der Waals surface area contributed by atoms with Crippen LogP contribution < -0.4 is 14.7 Å². The molecule has 4 saturated heterocycles. The first-order chi connectivity index (χ1) is 55.2. The van der Waals surface area contributed by atoms with E-state index in [1.54, 1.807) is 67.6 Å². The average Bonchev–Trinajstić information content (AvgIpc) is 1.62. The topological polar surface area (TPSA) is 379 Å². The second kappa shape index (κ2) is 37.2. The van der Waals surface area contributed by atoms with Gasteiger partial charge in [0.1, 0.15) is 85.8 Å². The third-order valence-corrected chi connectivity index (χ3v) is 28.5. The Morgan fingerprint density at radius 1 is 0.581 bits per heavy atom. The molecule has 2 N–H and O–H groups in total. The van der Waals surface area contributed by atoms with Gasteiger partial charge < -0.3 is 68.8 Å². The second-order valence-corrected chi connectivity index (χ2v) is 39.2. The smallest absolute Gasteiger partial charge is 0.259 e. The van der Waals surface area contributed by atoms with Gasteiger partial charge >= 0.3 is 0 Å². The number of anilines is 2. The van der Waals surface area contributed by atoms with Crippen molar-refractivity contribution < 1.29 is 88.3 Å². The average molecular weight is 1750 g/mol. The number of aromatic nitrogens is 16. The molecule has 6 aliphatic heterocycles. The summed E-state index contributed by atoms with van der Waals surface area (Å²) in [6, 6.07) is 17.3. The van der Waals surface area contributed by atoms with E-state index in [-0.39, 0.29) is 96.5 Å². The molecule has 0 spiro atoms. The number of halogens is 4. The van der Waals surface area contributed by atoms with Crippen molar-refractivity contribution in [3.63, 3.8) is 0 Å². The summed E-state index contributed by atoms with van der Waals surface area (Å²) in [5.74, 6) is -0.381. The number of imidazole rings is 4. The molecule has 2 aromatic carbocycles. The summed E-state index contributed by atoms with van der Waals surface area (Å²) >= 11 is 10.4. The fourth-order valence-corrected chi connectivity index (χ4v) is 18.2. The van der Waals surface area contributed by atoms with Gasteiger partial charge in [-0.05, 0) is 74.5 Å². The lowest BCUT2D eigenvalue weighted by molar-refractivity contribution is -0.216. The van der Waals surface area contributed by atoms with E-state index in [2.05, 4.69) is 59.8 Å². The van der Waals surface area contributed by atoms with E-state index >= 15 is 17.6 Å². The van der Waals surface area contributed by atoms with Gasteiger partial charge in [-0.2, -0.15) is 27.0 Å². The number of carbonyl (C=O) groups excluding carboxylic acids is 2. The lowest BCUT2D eigenvalue weighted by Gasteiger charge is -2.40. The highest BCUT2D eigenvalue weighted by Gasteiger charge is 2.55. The molecule has 10 aromatic rings. The number of alkyl halides is 4. The van der Waals surface area contributed by atoms with Crippen molar-refractivity contribution in [3.8, 4) is 0 Å². The van der Waals surface area contributed by atoms with Gasteiger partial charge in [-0.15, -0.1) is 0 Å². The van der Waals surface area contributed by atoms with Crippen molar-refractivity contribution in [1.29, 1.82) is 0 Å². The monoisotopic (exact) mass is 1750 g/mol. The van der Waals surface area contributed by atoms with Gasteiger partial charge in [0.25, 0.3) is 11.8 Å². The molecule has 8 aromatic heterocycles. The molecule has 44 heteroatoms. The van der Waals surface area contributed by atoms with Crippen molar-refractivity contribution in [3.05, 3.63) is 158 Å². The molecule has 0 aliphatic carbocycles. The van der Waals surface area contributed by atoms with Crippen LogP contribution in [0.15, 0.2) is 136 Å². The highest BCUT2D eigenvalue weighted by atomic mass is 32.7. The first-order valence-corrected chi connectivity index (χ1v) is 45.4. The van der Waals surface area contributed by atoms with Crippen LogP contribution in [-0.4, -0.2) is 215 Å². The van der Waals surface area contributed by atoms with Gasteiger partial charge in [-0.3, -0.25) is 42.2 Å². The van der Waals surface area contributed by atoms with Crippen LogP contribution in [0.1, 0.15) is 118 Å². The molecule has 24 bridgehead atoms. The summed E-state index contributed by atoms with van der Waals surface area (Å²) in [7, 11) is -2.67. The first kappa shape index (κ1) is 88.7. The quantitative estimate of drug-likeness (QED) is 0.0513. The van der Waals surface area contributed by atoms with E-state index in [9.17, 15) is 29.3 Å². The van der Waals surface area contributed by atoms with E-state index in [0.717, 1.165) is 0 Å². The van der Waals surface area contributed by atoms with Crippen LogP contribution in [0.5, 0.6) is 0 Å². The van der Waals surface area contributed by atoms with Crippen LogP contribution >= 0.6 is 40.5 Å². The molecule has 117 heavy (non-hydrogen) atoms. The molecule has 16 rings (SSSR count). The number of ether oxygens (including phenoxy) is 4. The Morgan fingerprint density at radius 3 is 1.45 bits per heavy atom. The number of rotatable bonds is 6. The number of aliphatic hydroxyl groups excluding tert-OH is 2. The maximum Gasteiger partial charge on any atom is 0.259 e. The van der Waals surface area contributed by atoms with E-state index in [1.807, 2.05) is 72.0 Å². The Bertz CT molecular complexity index is 5310. The van der Waals surface area contributed by atoms with E-state index in [1.165, 1.54) is 78.7 Å². The zero-order chi connectivity index (χ0) is 81.4. The Kier molecular flexibility index (Phi) is 28.2. The molecule has 14 heterocycles. The molecule has 4 unspecified atom stereocenters.